The normalized spacial score (nSPS) is 33.6. The molecule has 0 saturated heterocycles. The zero-order valence-electron chi connectivity index (χ0n) is 10.9. The van der Waals surface area contributed by atoms with Crippen LogP contribution in [0.15, 0.2) is 18.2 Å². The van der Waals surface area contributed by atoms with Gasteiger partial charge in [0.1, 0.15) is 0 Å². The smallest absolute Gasteiger partial charge is 0.0105 e. The second-order valence-corrected chi connectivity index (χ2v) is 5.60. The monoisotopic (exact) mass is 217 g/mol. The number of hydrogen-bond acceptors (Lipinski definition) is 1. The molecule has 0 amide bonds. The van der Waals surface area contributed by atoms with Crippen LogP contribution in [-0.2, 0) is 0 Å². The second-order valence-electron chi connectivity index (χ2n) is 5.60. The molecule has 0 radical (unpaired) electrons. The highest BCUT2D eigenvalue weighted by molar-refractivity contribution is 5.35. The minimum absolute atomic E-state index is 0.307. The molecule has 0 aliphatic heterocycles. The van der Waals surface area contributed by atoms with Gasteiger partial charge in [-0.05, 0) is 54.7 Å². The van der Waals surface area contributed by atoms with E-state index < -0.39 is 0 Å². The van der Waals surface area contributed by atoms with Crippen LogP contribution in [0.5, 0.6) is 0 Å². The quantitative estimate of drug-likeness (QED) is 0.805. The van der Waals surface area contributed by atoms with Gasteiger partial charge in [-0.3, -0.25) is 0 Å². The van der Waals surface area contributed by atoms with Crippen LogP contribution in [-0.4, -0.2) is 6.04 Å². The third-order valence-electron chi connectivity index (χ3n) is 4.83. The average Bonchev–Trinajstić information content (AvgIpc) is 2.28. The van der Waals surface area contributed by atoms with Crippen molar-refractivity contribution in [2.45, 2.75) is 52.5 Å². The summed E-state index contributed by atoms with van der Waals surface area (Å²) in [5.41, 5.74) is 10.7. The van der Waals surface area contributed by atoms with Gasteiger partial charge in [0, 0.05) is 6.04 Å². The van der Waals surface area contributed by atoms with Crippen molar-refractivity contribution < 1.29 is 0 Å². The maximum Gasteiger partial charge on any atom is 0.0105 e. The molecular formula is C15H23N. The molecule has 1 aromatic rings. The number of aryl methyl sites for hydroxylation is 2. The lowest BCUT2D eigenvalue weighted by molar-refractivity contribution is 0.0705. The van der Waals surface area contributed by atoms with E-state index >= 15 is 0 Å². The number of hydrogen-bond donors (Lipinski definition) is 1. The number of nitrogens with two attached hydrogens (primary N) is 1. The van der Waals surface area contributed by atoms with Gasteiger partial charge in [-0.1, -0.05) is 32.0 Å². The third-order valence-corrected chi connectivity index (χ3v) is 4.83. The molecule has 1 saturated carbocycles. The lowest BCUT2D eigenvalue weighted by Gasteiger charge is -2.53. The molecule has 3 atom stereocenters. The molecule has 0 aromatic heterocycles. The Morgan fingerprint density at radius 3 is 2.50 bits per heavy atom. The summed E-state index contributed by atoms with van der Waals surface area (Å²) in [5.74, 6) is 0.659. The first-order valence-electron chi connectivity index (χ1n) is 6.31. The van der Waals surface area contributed by atoms with Gasteiger partial charge in [0.2, 0.25) is 0 Å². The zero-order chi connectivity index (χ0) is 11.9. The van der Waals surface area contributed by atoms with Gasteiger partial charge < -0.3 is 5.73 Å². The van der Waals surface area contributed by atoms with Crippen LogP contribution in [0, 0.1) is 19.3 Å². The Kier molecular flexibility index (Phi) is 2.83. The fourth-order valence-corrected chi connectivity index (χ4v) is 2.90. The summed E-state index contributed by atoms with van der Waals surface area (Å²) in [6, 6.07) is 7.25. The summed E-state index contributed by atoms with van der Waals surface area (Å²) in [6.07, 6.45) is 2.32. The Balaban J connectivity index is 2.29. The highest BCUT2D eigenvalue weighted by Gasteiger charge is 2.48. The molecule has 0 heterocycles. The molecule has 1 fully saturated rings. The number of benzene rings is 1. The molecule has 3 unspecified atom stereocenters. The van der Waals surface area contributed by atoms with Crippen molar-refractivity contribution in [2.75, 3.05) is 0 Å². The van der Waals surface area contributed by atoms with Gasteiger partial charge in [0.25, 0.3) is 0 Å². The second kappa shape index (κ2) is 3.89. The van der Waals surface area contributed by atoms with Crippen molar-refractivity contribution in [3.05, 3.63) is 34.9 Å². The van der Waals surface area contributed by atoms with E-state index in [2.05, 4.69) is 45.9 Å². The highest BCUT2D eigenvalue weighted by atomic mass is 14.8. The van der Waals surface area contributed by atoms with E-state index in [0.717, 1.165) is 6.42 Å². The molecule has 0 spiro atoms. The lowest BCUT2D eigenvalue weighted by atomic mass is 9.54. The fraction of sp³-hybridized carbons (Fsp3) is 0.600. The van der Waals surface area contributed by atoms with Crippen molar-refractivity contribution in [1.82, 2.24) is 0 Å². The Hall–Kier alpha value is -0.820. The molecule has 1 aliphatic rings. The van der Waals surface area contributed by atoms with E-state index in [1.165, 1.54) is 23.1 Å². The molecule has 0 bridgehead atoms. The molecule has 2 rings (SSSR count). The Morgan fingerprint density at radius 2 is 2.00 bits per heavy atom. The van der Waals surface area contributed by atoms with E-state index in [9.17, 15) is 0 Å². The van der Waals surface area contributed by atoms with E-state index in [4.69, 9.17) is 5.73 Å². The Morgan fingerprint density at radius 1 is 1.31 bits per heavy atom. The van der Waals surface area contributed by atoms with Crippen LogP contribution < -0.4 is 5.73 Å². The summed E-state index contributed by atoms with van der Waals surface area (Å²) in [5, 5.41) is 0. The van der Waals surface area contributed by atoms with Crippen LogP contribution in [0.2, 0.25) is 0 Å². The highest BCUT2D eigenvalue weighted by Crippen LogP contribution is 2.53. The van der Waals surface area contributed by atoms with Crippen LogP contribution in [0.25, 0.3) is 0 Å². The summed E-state index contributed by atoms with van der Waals surface area (Å²) >= 11 is 0. The van der Waals surface area contributed by atoms with E-state index in [1.807, 2.05) is 0 Å². The Labute approximate surface area is 99.0 Å². The first-order chi connectivity index (χ1) is 7.49. The topological polar surface area (TPSA) is 26.0 Å². The summed E-state index contributed by atoms with van der Waals surface area (Å²) in [7, 11) is 0. The summed E-state index contributed by atoms with van der Waals surface area (Å²) < 4.78 is 0. The van der Waals surface area contributed by atoms with Gasteiger partial charge in [-0.15, -0.1) is 0 Å². The van der Waals surface area contributed by atoms with E-state index in [-0.39, 0.29) is 0 Å². The summed E-state index contributed by atoms with van der Waals surface area (Å²) in [6.45, 7) is 8.96. The van der Waals surface area contributed by atoms with Crippen molar-refractivity contribution in [3.8, 4) is 0 Å². The van der Waals surface area contributed by atoms with Crippen LogP contribution in [0.1, 0.15) is 49.3 Å². The van der Waals surface area contributed by atoms with Crippen molar-refractivity contribution in [2.24, 2.45) is 11.1 Å². The molecule has 16 heavy (non-hydrogen) atoms. The minimum Gasteiger partial charge on any atom is -0.327 e. The van der Waals surface area contributed by atoms with Gasteiger partial charge in [-0.25, -0.2) is 0 Å². The molecule has 1 aromatic carbocycles. The fourth-order valence-electron chi connectivity index (χ4n) is 2.90. The largest absolute Gasteiger partial charge is 0.327 e. The summed E-state index contributed by atoms with van der Waals surface area (Å²) in [4.78, 5) is 0. The van der Waals surface area contributed by atoms with Gasteiger partial charge in [0.05, 0.1) is 0 Å². The molecule has 1 aliphatic carbocycles. The van der Waals surface area contributed by atoms with E-state index in [0.29, 0.717) is 17.4 Å². The average molecular weight is 217 g/mol. The third kappa shape index (κ3) is 1.58. The van der Waals surface area contributed by atoms with Crippen LogP contribution in [0.3, 0.4) is 0 Å². The SMILES string of the molecule is CCC1(C)C(N)CC1c1ccc(C)c(C)c1. The van der Waals surface area contributed by atoms with Gasteiger partial charge >= 0.3 is 0 Å². The first kappa shape index (κ1) is 11.7. The van der Waals surface area contributed by atoms with Crippen molar-refractivity contribution >= 4 is 0 Å². The molecule has 88 valence electrons. The maximum absolute atomic E-state index is 6.16. The predicted molar refractivity (Wildman–Crippen MR) is 69.6 cm³/mol. The standard InChI is InChI=1S/C15H23N/c1-5-15(4)13(9-14(15)16)12-7-6-10(2)11(3)8-12/h6-8,13-14H,5,9,16H2,1-4H3. The van der Waals surface area contributed by atoms with Crippen LogP contribution in [0.4, 0.5) is 0 Å². The van der Waals surface area contributed by atoms with E-state index in [1.54, 1.807) is 0 Å². The molecule has 1 heteroatoms. The predicted octanol–water partition coefficient (Wildman–Crippen LogP) is 3.53. The lowest BCUT2D eigenvalue weighted by Crippen LogP contribution is -2.54. The minimum atomic E-state index is 0.307. The van der Waals surface area contributed by atoms with Gasteiger partial charge in [0.15, 0.2) is 0 Å². The molecular weight excluding hydrogens is 194 g/mol. The Bertz CT molecular complexity index is 396. The molecule has 1 nitrogen and oxygen atoms in total. The van der Waals surface area contributed by atoms with Crippen molar-refractivity contribution in [3.63, 3.8) is 0 Å². The van der Waals surface area contributed by atoms with Gasteiger partial charge in [-0.2, -0.15) is 0 Å². The van der Waals surface area contributed by atoms with Crippen LogP contribution >= 0.6 is 0 Å². The zero-order valence-corrected chi connectivity index (χ0v) is 10.9. The first-order valence-corrected chi connectivity index (χ1v) is 6.31. The maximum atomic E-state index is 6.16. The molecule has 2 N–H and O–H groups in total. The van der Waals surface area contributed by atoms with Crippen molar-refractivity contribution in [1.29, 1.82) is 0 Å². The number of rotatable bonds is 2.